The van der Waals surface area contributed by atoms with E-state index in [4.69, 9.17) is 18.9 Å². The summed E-state index contributed by atoms with van der Waals surface area (Å²) >= 11 is 0. The first-order valence-corrected chi connectivity index (χ1v) is 8.05. The highest BCUT2D eigenvalue weighted by Gasteiger charge is 2.21. The van der Waals surface area contributed by atoms with Crippen molar-refractivity contribution in [3.8, 4) is 23.1 Å². The number of rotatable bonds is 6. The van der Waals surface area contributed by atoms with Crippen molar-refractivity contribution in [1.82, 2.24) is 10.3 Å². The molecule has 1 N–H and O–H groups in total. The normalized spacial score (nSPS) is 12.4. The lowest BCUT2D eigenvalue weighted by Crippen LogP contribution is -2.24. The van der Waals surface area contributed by atoms with E-state index in [9.17, 15) is 4.79 Å². The van der Waals surface area contributed by atoms with Gasteiger partial charge in [0.05, 0.1) is 13.7 Å². The van der Waals surface area contributed by atoms with Crippen molar-refractivity contribution < 1.29 is 23.7 Å². The van der Waals surface area contributed by atoms with Crippen molar-refractivity contribution in [2.45, 2.75) is 13.5 Å². The van der Waals surface area contributed by atoms with E-state index in [1.807, 2.05) is 13.0 Å². The zero-order valence-electron chi connectivity index (χ0n) is 14.2. The van der Waals surface area contributed by atoms with E-state index in [1.54, 1.807) is 24.4 Å². The number of methoxy groups -OCH3 is 1. The molecule has 25 heavy (non-hydrogen) atoms. The van der Waals surface area contributed by atoms with Gasteiger partial charge in [0.2, 0.25) is 11.6 Å². The molecule has 0 aliphatic carbocycles. The Balaban J connectivity index is 1.76. The smallest absolute Gasteiger partial charge is 0.251 e. The van der Waals surface area contributed by atoms with Gasteiger partial charge in [0, 0.05) is 23.9 Å². The number of hydrogen-bond acceptors (Lipinski definition) is 6. The van der Waals surface area contributed by atoms with E-state index >= 15 is 0 Å². The molecule has 2 aromatic rings. The summed E-state index contributed by atoms with van der Waals surface area (Å²) in [7, 11) is 1.53. The maximum Gasteiger partial charge on any atom is 0.251 e. The molecule has 7 nitrogen and oxygen atoms in total. The van der Waals surface area contributed by atoms with Gasteiger partial charge in [-0.1, -0.05) is 6.07 Å². The van der Waals surface area contributed by atoms with Gasteiger partial charge in [-0.15, -0.1) is 0 Å². The average molecular weight is 344 g/mol. The van der Waals surface area contributed by atoms with E-state index in [-0.39, 0.29) is 5.91 Å². The number of carbonyl (C=O) groups excluding carboxylic acids is 1. The third-order valence-corrected chi connectivity index (χ3v) is 3.66. The second-order valence-corrected chi connectivity index (χ2v) is 5.29. The van der Waals surface area contributed by atoms with E-state index < -0.39 is 0 Å². The molecule has 1 amide bonds. The first-order valence-electron chi connectivity index (χ1n) is 8.05. The monoisotopic (exact) mass is 344 g/mol. The number of nitrogens with one attached hydrogen (secondary N) is 1. The van der Waals surface area contributed by atoms with Crippen LogP contribution in [0.2, 0.25) is 0 Å². The number of ether oxygens (including phenoxy) is 4. The van der Waals surface area contributed by atoms with Crippen molar-refractivity contribution in [3.63, 3.8) is 0 Å². The SMILES string of the molecule is CCOc1ncccc1CNC(=O)c1cc(OC)c2c(c1)OCCO2. The Labute approximate surface area is 145 Å². The molecule has 3 rings (SSSR count). The number of benzene rings is 1. The summed E-state index contributed by atoms with van der Waals surface area (Å²) in [5.41, 5.74) is 1.24. The van der Waals surface area contributed by atoms with Gasteiger partial charge in [-0.2, -0.15) is 0 Å². The summed E-state index contributed by atoms with van der Waals surface area (Å²) in [5, 5.41) is 2.86. The maximum absolute atomic E-state index is 12.5. The number of carbonyl (C=O) groups is 1. The molecule has 1 aliphatic rings. The van der Waals surface area contributed by atoms with E-state index in [1.165, 1.54) is 7.11 Å². The molecule has 0 bridgehead atoms. The molecule has 0 saturated heterocycles. The molecule has 0 atom stereocenters. The Hall–Kier alpha value is -2.96. The summed E-state index contributed by atoms with van der Waals surface area (Å²) in [6.45, 7) is 3.60. The van der Waals surface area contributed by atoms with Crippen LogP contribution in [-0.2, 0) is 6.54 Å². The van der Waals surface area contributed by atoms with Gasteiger partial charge in [-0.05, 0) is 25.1 Å². The molecule has 0 saturated carbocycles. The van der Waals surface area contributed by atoms with Crippen molar-refractivity contribution >= 4 is 5.91 Å². The molecule has 1 aromatic heterocycles. The second-order valence-electron chi connectivity index (χ2n) is 5.29. The number of hydrogen-bond donors (Lipinski definition) is 1. The van der Waals surface area contributed by atoms with Crippen LogP contribution >= 0.6 is 0 Å². The molecule has 1 aliphatic heterocycles. The lowest BCUT2D eigenvalue weighted by molar-refractivity contribution is 0.0948. The summed E-state index contributed by atoms with van der Waals surface area (Å²) in [6, 6.07) is 6.95. The van der Waals surface area contributed by atoms with Crippen LogP contribution in [0.15, 0.2) is 30.5 Å². The maximum atomic E-state index is 12.5. The van der Waals surface area contributed by atoms with Gasteiger partial charge < -0.3 is 24.3 Å². The predicted octanol–water partition coefficient (Wildman–Crippen LogP) is 2.19. The minimum Gasteiger partial charge on any atom is -0.493 e. The minimum absolute atomic E-state index is 0.249. The van der Waals surface area contributed by atoms with E-state index in [0.717, 1.165) is 5.56 Å². The van der Waals surface area contributed by atoms with Gasteiger partial charge in [-0.3, -0.25) is 4.79 Å². The molecule has 2 heterocycles. The minimum atomic E-state index is -0.249. The molecular weight excluding hydrogens is 324 g/mol. The number of nitrogens with zero attached hydrogens (tertiary/aromatic N) is 1. The number of aromatic nitrogens is 1. The van der Waals surface area contributed by atoms with Crippen LogP contribution in [0.4, 0.5) is 0 Å². The van der Waals surface area contributed by atoms with Crippen LogP contribution in [0.1, 0.15) is 22.8 Å². The van der Waals surface area contributed by atoms with E-state index in [2.05, 4.69) is 10.3 Å². The molecule has 0 unspecified atom stereocenters. The topological polar surface area (TPSA) is 78.9 Å². The lowest BCUT2D eigenvalue weighted by atomic mass is 10.1. The van der Waals surface area contributed by atoms with Crippen molar-refractivity contribution in [3.05, 3.63) is 41.6 Å². The van der Waals surface area contributed by atoms with Gasteiger partial charge in [0.15, 0.2) is 11.5 Å². The van der Waals surface area contributed by atoms with E-state index in [0.29, 0.717) is 55.1 Å². The lowest BCUT2D eigenvalue weighted by Gasteiger charge is -2.21. The quantitative estimate of drug-likeness (QED) is 0.865. The Morgan fingerprint density at radius 1 is 1.32 bits per heavy atom. The Morgan fingerprint density at radius 3 is 2.96 bits per heavy atom. The fourth-order valence-corrected chi connectivity index (χ4v) is 2.51. The third-order valence-electron chi connectivity index (χ3n) is 3.66. The molecule has 0 fully saturated rings. The highest BCUT2D eigenvalue weighted by atomic mass is 16.6. The second kappa shape index (κ2) is 7.74. The predicted molar refractivity (Wildman–Crippen MR) is 90.6 cm³/mol. The molecule has 7 heteroatoms. The number of pyridine rings is 1. The van der Waals surface area contributed by atoms with Crippen LogP contribution in [0.25, 0.3) is 0 Å². The summed E-state index contributed by atoms with van der Waals surface area (Å²) in [4.78, 5) is 16.7. The van der Waals surface area contributed by atoms with Crippen molar-refractivity contribution in [2.75, 3.05) is 26.9 Å². The largest absolute Gasteiger partial charge is 0.493 e. The Bertz CT molecular complexity index is 746. The van der Waals surface area contributed by atoms with Gasteiger partial charge in [-0.25, -0.2) is 4.98 Å². The molecule has 0 spiro atoms. The zero-order chi connectivity index (χ0) is 17.6. The summed E-state index contributed by atoms with van der Waals surface area (Å²) < 4.78 is 21.9. The van der Waals surface area contributed by atoms with Crippen molar-refractivity contribution in [1.29, 1.82) is 0 Å². The van der Waals surface area contributed by atoms with Gasteiger partial charge >= 0.3 is 0 Å². The Morgan fingerprint density at radius 2 is 2.16 bits per heavy atom. The number of amides is 1. The molecular formula is C18H20N2O5. The average Bonchev–Trinajstić information content (AvgIpc) is 2.66. The summed E-state index contributed by atoms with van der Waals surface area (Å²) in [5.74, 6) is 1.77. The molecule has 0 radical (unpaired) electrons. The van der Waals surface area contributed by atoms with Crippen LogP contribution in [0, 0.1) is 0 Å². The third kappa shape index (κ3) is 3.76. The number of fused-ring (bicyclic) bond motifs is 1. The highest BCUT2D eigenvalue weighted by Crippen LogP contribution is 2.40. The van der Waals surface area contributed by atoms with Gasteiger partial charge in [0.1, 0.15) is 13.2 Å². The summed E-state index contributed by atoms with van der Waals surface area (Å²) in [6.07, 6.45) is 1.65. The fraction of sp³-hybridized carbons (Fsp3) is 0.333. The van der Waals surface area contributed by atoms with Gasteiger partial charge in [0.25, 0.3) is 5.91 Å². The first-order chi connectivity index (χ1) is 12.2. The molecule has 1 aromatic carbocycles. The van der Waals surface area contributed by atoms with Crippen LogP contribution in [0.3, 0.4) is 0 Å². The van der Waals surface area contributed by atoms with Crippen LogP contribution in [-0.4, -0.2) is 37.8 Å². The fourth-order valence-electron chi connectivity index (χ4n) is 2.51. The first kappa shape index (κ1) is 16.9. The molecule has 132 valence electrons. The standard InChI is InChI=1S/C18H20N2O5/c1-3-23-18-12(5-4-6-19-18)11-20-17(21)13-9-14(22-2)16-15(10-13)24-7-8-25-16/h4-6,9-10H,3,7-8,11H2,1-2H3,(H,20,21). The van der Waals surface area contributed by atoms with Crippen LogP contribution < -0.4 is 24.3 Å². The van der Waals surface area contributed by atoms with Crippen LogP contribution in [0.5, 0.6) is 23.1 Å². The Kier molecular flexibility index (Phi) is 5.23. The zero-order valence-corrected chi connectivity index (χ0v) is 14.2. The van der Waals surface area contributed by atoms with Crippen molar-refractivity contribution in [2.24, 2.45) is 0 Å². The highest BCUT2D eigenvalue weighted by molar-refractivity contribution is 5.95.